The van der Waals surface area contributed by atoms with Crippen molar-refractivity contribution < 1.29 is 14.2 Å². The molecule has 1 aliphatic carbocycles. The van der Waals surface area contributed by atoms with Gasteiger partial charge in [-0.15, -0.1) is 0 Å². The molecule has 1 aliphatic rings. The van der Waals surface area contributed by atoms with E-state index in [0.29, 0.717) is 28.2 Å². The Bertz CT molecular complexity index is 523. The number of hydrogen-bond acceptors (Lipinski definition) is 3. The van der Waals surface area contributed by atoms with Gasteiger partial charge in [-0.05, 0) is 22.8 Å². The molecule has 0 N–H and O–H groups in total. The molecule has 1 aromatic rings. The van der Waals surface area contributed by atoms with E-state index in [1.165, 1.54) is 0 Å². The number of ether oxygens (including phenoxy) is 3. The summed E-state index contributed by atoms with van der Waals surface area (Å²) in [7, 11) is 4.94. The van der Waals surface area contributed by atoms with Crippen molar-refractivity contribution in [3.63, 3.8) is 0 Å². The maximum Gasteiger partial charge on any atom is 0.203 e. The van der Waals surface area contributed by atoms with Crippen LogP contribution in [-0.2, 0) is 0 Å². The zero-order valence-electron chi connectivity index (χ0n) is 13.9. The monoisotopic (exact) mass is 356 g/mol. The lowest BCUT2D eigenvalue weighted by molar-refractivity contribution is 0.321. The molecule has 0 bridgehead atoms. The molecule has 4 heteroatoms. The van der Waals surface area contributed by atoms with Crippen LogP contribution in [0.3, 0.4) is 0 Å². The van der Waals surface area contributed by atoms with Gasteiger partial charge in [0.25, 0.3) is 0 Å². The smallest absolute Gasteiger partial charge is 0.203 e. The van der Waals surface area contributed by atoms with Crippen molar-refractivity contribution >= 4 is 15.9 Å². The molecule has 118 valence electrons. The molecule has 0 aliphatic heterocycles. The van der Waals surface area contributed by atoms with E-state index in [0.717, 1.165) is 11.3 Å². The summed E-state index contributed by atoms with van der Waals surface area (Å²) >= 11 is 3.89. The van der Waals surface area contributed by atoms with Crippen LogP contribution in [0.2, 0.25) is 0 Å². The van der Waals surface area contributed by atoms with Crippen molar-refractivity contribution in [2.24, 2.45) is 16.7 Å². The maximum absolute atomic E-state index is 5.61. The molecule has 0 spiro atoms. The van der Waals surface area contributed by atoms with Gasteiger partial charge in [-0.2, -0.15) is 0 Å². The maximum atomic E-state index is 5.61. The van der Waals surface area contributed by atoms with Crippen LogP contribution in [0.15, 0.2) is 12.1 Å². The molecular formula is C17H25BrO3. The number of benzene rings is 1. The number of alkyl halides is 1. The van der Waals surface area contributed by atoms with Crippen molar-refractivity contribution in [2.75, 3.05) is 21.3 Å². The predicted molar refractivity (Wildman–Crippen MR) is 88.8 cm³/mol. The van der Waals surface area contributed by atoms with Crippen LogP contribution >= 0.6 is 15.9 Å². The highest BCUT2D eigenvalue weighted by molar-refractivity contribution is 9.09. The standard InChI is InChI=1S/C17H25BrO3/c1-16(2)15(17(16,3)4)12(18)10-8-9-11(19-5)14(21-7)13(10)20-6/h8-9,12,15H,1-7H3. The number of rotatable bonds is 5. The molecule has 1 fully saturated rings. The molecule has 1 saturated carbocycles. The van der Waals surface area contributed by atoms with Crippen molar-refractivity contribution in [1.82, 2.24) is 0 Å². The Morgan fingerprint density at radius 1 is 0.905 bits per heavy atom. The van der Waals surface area contributed by atoms with Crippen LogP contribution in [0.4, 0.5) is 0 Å². The van der Waals surface area contributed by atoms with Gasteiger partial charge >= 0.3 is 0 Å². The van der Waals surface area contributed by atoms with E-state index in [2.05, 4.69) is 49.7 Å². The zero-order valence-corrected chi connectivity index (χ0v) is 15.5. The molecule has 0 heterocycles. The third-order valence-electron chi connectivity index (χ3n) is 5.46. The molecule has 0 saturated heterocycles. The molecule has 2 rings (SSSR count). The van der Waals surface area contributed by atoms with Gasteiger partial charge in [0.2, 0.25) is 5.75 Å². The summed E-state index contributed by atoms with van der Waals surface area (Å²) in [6, 6.07) is 4.00. The van der Waals surface area contributed by atoms with Crippen molar-refractivity contribution in [2.45, 2.75) is 32.5 Å². The highest BCUT2D eigenvalue weighted by atomic mass is 79.9. The molecule has 1 atom stereocenters. The topological polar surface area (TPSA) is 27.7 Å². The summed E-state index contributed by atoms with van der Waals surface area (Å²) in [5.41, 5.74) is 1.69. The molecule has 3 nitrogen and oxygen atoms in total. The molecule has 0 aromatic heterocycles. The van der Waals surface area contributed by atoms with Crippen LogP contribution in [0, 0.1) is 16.7 Å². The second-order valence-corrected chi connectivity index (χ2v) is 7.73. The Kier molecular flexibility index (Phi) is 4.22. The van der Waals surface area contributed by atoms with E-state index in [1.807, 2.05) is 6.07 Å². The highest BCUT2D eigenvalue weighted by Crippen LogP contribution is 2.74. The van der Waals surface area contributed by atoms with Gasteiger partial charge in [0.15, 0.2) is 11.5 Å². The Morgan fingerprint density at radius 2 is 1.43 bits per heavy atom. The average molecular weight is 357 g/mol. The summed E-state index contributed by atoms with van der Waals surface area (Å²) in [4.78, 5) is 0.220. The Balaban J connectivity index is 2.46. The normalized spacial score (nSPS) is 20.8. The Labute approximate surface area is 136 Å². The minimum Gasteiger partial charge on any atom is -0.493 e. The van der Waals surface area contributed by atoms with E-state index in [9.17, 15) is 0 Å². The largest absolute Gasteiger partial charge is 0.493 e. The first-order valence-electron chi connectivity index (χ1n) is 7.17. The second-order valence-electron chi connectivity index (χ2n) is 6.75. The van der Waals surface area contributed by atoms with Crippen molar-refractivity contribution in [1.29, 1.82) is 0 Å². The second kappa shape index (κ2) is 5.38. The van der Waals surface area contributed by atoms with Crippen molar-refractivity contribution in [3.05, 3.63) is 17.7 Å². The summed E-state index contributed by atoms with van der Waals surface area (Å²) in [5, 5.41) is 0. The molecule has 21 heavy (non-hydrogen) atoms. The van der Waals surface area contributed by atoms with Gasteiger partial charge in [0.05, 0.1) is 21.3 Å². The minimum absolute atomic E-state index is 0.220. The van der Waals surface area contributed by atoms with Gasteiger partial charge < -0.3 is 14.2 Å². The Hall–Kier alpha value is -0.900. The summed E-state index contributed by atoms with van der Waals surface area (Å²) < 4.78 is 16.4. The third kappa shape index (κ3) is 2.32. The lowest BCUT2D eigenvalue weighted by Gasteiger charge is -2.20. The molecule has 1 aromatic carbocycles. The number of methoxy groups -OCH3 is 3. The van der Waals surface area contributed by atoms with Crippen LogP contribution < -0.4 is 14.2 Å². The van der Waals surface area contributed by atoms with Gasteiger partial charge in [-0.1, -0.05) is 49.7 Å². The quantitative estimate of drug-likeness (QED) is 0.707. The van der Waals surface area contributed by atoms with Crippen LogP contribution in [0.5, 0.6) is 17.2 Å². The van der Waals surface area contributed by atoms with E-state index in [4.69, 9.17) is 14.2 Å². The molecule has 0 amide bonds. The van der Waals surface area contributed by atoms with E-state index in [1.54, 1.807) is 21.3 Å². The van der Waals surface area contributed by atoms with Gasteiger partial charge in [-0.3, -0.25) is 0 Å². The Morgan fingerprint density at radius 3 is 1.81 bits per heavy atom. The molecular weight excluding hydrogens is 332 g/mol. The highest BCUT2D eigenvalue weighted by Gasteiger charge is 2.67. The fourth-order valence-electron chi connectivity index (χ4n) is 3.50. The van der Waals surface area contributed by atoms with Gasteiger partial charge in [0.1, 0.15) is 0 Å². The van der Waals surface area contributed by atoms with Crippen LogP contribution in [0.25, 0.3) is 0 Å². The summed E-state index contributed by atoms with van der Waals surface area (Å²) in [6.45, 7) is 9.27. The van der Waals surface area contributed by atoms with E-state index >= 15 is 0 Å². The zero-order chi connectivity index (χ0) is 16.0. The van der Waals surface area contributed by atoms with E-state index < -0.39 is 0 Å². The molecule has 0 radical (unpaired) electrons. The van der Waals surface area contributed by atoms with Gasteiger partial charge in [-0.25, -0.2) is 0 Å². The lowest BCUT2D eigenvalue weighted by Crippen LogP contribution is -2.04. The first-order valence-corrected chi connectivity index (χ1v) is 8.08. The lowest BCUT2D eigenvalue weighted by atomic mass is 10.0. The predicted octanol–water partition coefficient (Wildman–Crippen LogP) is 4.83. The first-order chi connectivity index (χ1) is 9.73. The average Bonchev–Trinajstić information content (AvgIpc) is 2.85. The SMILES string of the molecule is COc1ccc(C(Br)C2C(C)(C)C2(C)C)c(OC)c1OC. The molecule has 1 unspecified atom stereocenters. The summed E-state index contributed by atoms with van der Waals surface area (Å²) in [5.74, 6) is 2.62. The number of hydrogen-bond donors (Lipinski definition) is 0. The van der Waals surface area contributed by atoms with Gasteiger partial charge in [0, 0.05) is 10.4 Å². The third-order valence-corrected chi connectivity index (χ3v) is 6.48. The van der Waals surface area contributed by atoms with Crippen LogP contribution in [0.1, 0.15) is 38.1 Å². The first kappa shape index (κ1) is 16.5. The fraction of sp³-hybridized carbons (Fsp3) is 0.647. The fourth-order valence-corrected chi connectivity index (χ4v) is 5.18. The van der Waals surface area contributed by atoms with Crippen LogP contribution in [-0.4, -0.2) is 21.3 Å². The van der Waals surface area contributed by atoms with Crippen molar-refractivity contribution in [3.8, 4) is 17.2 Å². The minimum atomic E-state index is 0.220. The summed E-state index contributed by atoms with van der Waals surface area (Å²) in [6.07, 6.45) is 0. The van der Waals surface area contributed by atoms with E-state index in [-0.39, 0.29) is 4.83 Å². The number of halogens is 1.